The third kappa shape index (κ3) is 2.74. The highest BCUT2D eigenvalue weighted by atomic mass is 16.4. The first-order valence-electron chi connectivity index (χ1n) is 5.79. The standard InChI is InChI=1S/C13H14N2O3/c1-2-11-14-15-12(18-11)10(13(16)17)8-9-6-4-3-5-7-9/h3-7,10H,2,8H2,1H3,(H,16,17). The van der Waals surface area contributed by atoms with E-state index in [0.717, 1.165) is 5.56 Å². The average Bonchev–Trinajstić information content (AvgIpc) is 2.85. The maximum absolute atomic E-state index is 11.3. The molecule has 1 heterocycles. The second-order valence-electron chi connectivity index (χ2n) is 3.97. The molecule has 1 atom stereocenters. The molecule has 94 valence electrons. The van der Waals surface area contributed by atoms with Crippen LogP contribution in [0.5, 0.6) is 0 Å². The molecular weight excluding hydrogens is 232 g/mol. The zero-order valence-electron chi connectivity index (χ0n) is 10.0. The van der Waals surface area contributed by atoms with Crippen molar-refractivity contribution in [3.8, 4) is 0 Å². The van der Waals surface area contributed by atoms with E-state index in [9.17, 15) is 9.90 Å². The molecule has 0 aliphatic heterocycles. The first-order valence-corrected chi connectivity index (χ1v) is 5.79. The Morgan fingerprint density at radius 2 is 2.06 bits per heavy atom. The largest absolute Gasteiger partial charge is 0.481 e. The van der Waals surface area contributed by atoms with Gasteiger partial charge in [0.05, 0.1) is 0 Å². The lowest BCUT2D eigenvalue weighted by molar-refractivity contribution is -0.139. The van der Waals surface area contributed by atoms with Crippen molar-refractivity contribution in [1.82, 2.24) is 10.2 Å². The number of aromatic nitrogens is 2. The van der Waals surface area contributed by atoms with Gasteiger partial charge >= 0.3 is 5.97 Å². The molecule has 0 saturated heterocycles. The number of aryl methyl sites for hydroxylation is 1. The van der Waals surface area contributed by atoms with Crippen LogP contribution in [0, 0.1) is 0 Å². The minimum atomic E-state index is -0.954. The van der Waals surface area contributed by atoms with Crippen LogP contribution < -0.4 is 0 Å². The monoisotopic (exact) mass is 246 g/mol. The van der Waals surface area contributed by atoms with E-state index in [0.29, 0.717) is 18.7 Å². The Hall–Kier alpha value is -2.17. The van der Waals surface area contributed by atoms with Crippen molar-refractivity contribution in [2.75, 3.05) is 0 Å². The Morgan fingerprint density at radius 1 is 1.33 bits per heavy atom. The number of hydrogen-bond acceptors (Lipinski definition) is 4. The molecule has 18 heavy (non-hydrogen) atoms. The Morgan fingerprint density at radius 3 is 2.61 bits per heavy atom. The van der Waals surface area contributed by atoms with Gasteiger partial charge in [-0.2, -0.15) is 0 Å². The maximum atomic E-state index is 11.3. The number of aliphatic carboxylic acids is 1. The number of carboxylic acid groups (broad SMARTS) is 1. The van der Waals surface area contributed by atoms with E-state index in [1.54, 1.807) is 0 Å². The van der Waals surface area contributed by atoms with Gasteiger partial charge in [-0.05, 0) is 12.0 Å². The first-order chi connectivity index (χ1) is 8.70. The highest BCUT2D eigenvalue weighted by Gasteiger charge is 2.26. The first kappa shape index (κ1) is 12.3. The van der Waals surface area contributed by atoms with Gasteiger partial charge in [0.1, 0.15) is 5.92 Å². The van der Waals surface area contributed by atoms with Gasteiger partial charge in [-0.15, -0.1) is 10.2 Å². The molecule has 0 aliphatic rings. The summed E-state index contributed by atoms with van der Waals surface area (Å²) in [6.07, 6.45) is 0.951. The fourth-order valence-corrected chi connectivity index (χ4v) is 1.68. The van der Waals surface area contributed by atoms with E-state index in [4.69, 9.17) is 4.42 Å². The van der Waals surface area contributed by atoms with Crippen molar-refractivity contribution >= 4 is 5.97 Å². The van der Waals surface area contributed by atoms with Gasteiger partial charge < -0.3 is 9.52 Å². The molecule has 0 radical (unpaired) electrons. The van der Waals surface area contributed by atoms with E-state index < -0.39 is 11.9 Å². The number of benzene rings is 1. The molecule has 5 heteroatoms. The topological polar surface area (TPSA) is 76.2 Å². The summed E-state index contributed by atoms with van der Waals surface area (Å²) < 4.78 is 5.33. The molecule has 1 aromatic carbocycles. The van der Waals surface area contributed by atoms with Crippen molar-refractivity contribution in [1.29, 1.82) is 0 Å². The smallest absolute Gasteiger partial charge is 0.316 e. The van der Waals surface area contributed by atoms with Crippen LogP contribution in [0.3, 0.4) is 0 Å². The van der Waals surface area contributed by atoms with Crippen LogP contribution >= 0.6 is 0 Å². The van der Waals surface area contributed by atoms with Gasteiger partial charge in [0.2, 0.25) is 11.8 Å². The summed E-state index contributed by atoms with van der Waals surface area (Å²) in [5, 5.41) is 16.8. The molecule has 1 aromatic heterocycles. The summed E-state index contributed by atoms with van der Waals surface area (Å²) in [4.78, 5) is 11.3. The van der Waals surface area contributed by atoms with Gasteiger partial charge in [-0.1, -0.05) is 37.3 Å². The third-order valence-corrected chi connectivity index (χ3v) is 2.66. The Labute approximate surface area is 104 Å². The van der Waals surface area contributed by atoms with Crippen LogP contribution in [0.15, 0.2) is 34.7 Å². The Bertz CT molecular complexity index is 522. The molecule has 5 nitrogen and oxygen atoms in total. The second kappa shape index (κ2) is 5.44. The molecule has 1 N–H and O–H groups in total. The van der Waals surface area contributed by atoms with E-state index in [1.807, 2.05) is 37.3 Å². The fourth-order valence-electron chi connectivity index (χ4n) is 1.68. The van der Waals surface area contributed by atoms with Gasteiger partial charge in [-0.3, -0.25) is 4.79 Å². The lowest BCUT2D eigenvalue weighted by Crippen LogP contribution is -2.14. The van der Waals surface area contributed by atoms with Crippen molar-refractivity contribution in [3.63, 3.8) is 0 Å². The molecule has 0 bridgehead atoms. The van der Waals surface area contributed by atoms with E-state index in [-0.39, 0.29) is 5.89 Å². The third-order valence-electron chi connectivity index (χ3n) is 2.66. The zero-order valence-corrected chi connectivity index (χ0v) is 10.0. The summed E-state index contributed by atoms with van der Waals surface area (Å²) in [6.45, 7) is 1.88. The van der Waals surface area contributed by atoms with Crippen LogP contribution in [-0.2, 0) is 17.6 Å². The number of rotatable bonds is 5. The van der Waals surface area contributed by atoms with Crippen LogP contribution in [0.25, 0.3) is 0 Å². The highest BCUT2D eigenvalue weighted by Crippen LogP contribution is 2.20. The van der Waals surface area contributed by atoms with Gasteiger partial charge in [0.25, 0.3) is 0 Å². The SMILES string of the molecule is CCc1nnc(C(Cc2ccccc2)C(=O)O)o1. The van der Waals surface area contributed by atoms with Gasteiger partial charge in [0, 0.05) is 6.42 Å². The van der Waals surface area contributed by atoms with Crippen molar-refractivity contribution in [2.45, 2.75) is 25.7 Å². The van der Waals surface area contributed by atoms with Crippen LogP contribution in [0.2, 0.25) is 0 Å². The number of carboxylic acids is 1. The second-order valence-corrected chi connectivity index (χ2v) is 3.97. The lowest BCUT2D eigenvalue weighted by atomic mass is 9.99. The summed E-state index contributed by atoms with van der Waals surface area (Å²) in [5.41, 5.74) is 0.932. The number of carbonyl (C=O) groups is 1. The quantitative estimate of drug-likeness (QED) is 0.873. The fraction of sp³-hybridized carbons (Fsp3) is 0.308. The van der Waals surface area contributed by atoms with Crippen molar-refractivity contribution in [2.24, 2.45) is 0 Å². The maximum Gasteiger partial charge on any atom is 0.316 e. The summed E-state index contributed by atoms with van der Waals surface area (Å²) in [7, 11) is 0. The molecule has 0 fully saturated rings. The molecule has 1 unspecified atom stereocenters. The molecular formula is C13H14N2O3. The predicted octanol–water partition coefficient (Wildman–Crippen LogP) is 2.04. The number of nitrogens with zero attached hydrogens (tertiary/aromatic N) is 2. The van der Waals surface area contributed by atoms with Crippen LogP contribution in [-0.4, -0.2) is 21.3 Å². The normalized spacial score (nSPS) is 12.3. The summed E-state index contributed by atoms with van der Waals surface area (Å²) in [6, 6.07) is 9.40. The predicted molar refractivity (Wildman–Crippen MR) is 64.2 cm³/mol. The molecule has 2 rings (SSSR count). The van der Waals surface area contributed by atoms with Crippen LogP contribution in [0.4, 0.5) is 0 Å². The van der Waals surface area contributed by atoms with Crippen LogP contribution in [0.1, 0.15) is 30.2 Å². The minimum absolute atomic E-state index is 0.170. The molecule has 0 aliphatic carbocycles. The van der Waals surface area contributed by atoms with Gasteiger partial charge in [-0.25, -0.2) is 0 Å². The Kier molecular flexibility index (Phi) is 3.72. The number of hydrogen-bond donors (Lipinski definition) is 1. The van der Waals surface area contributed by atoms with E-state index >= 15 is 0 Å². The lowest BCUT2D eigenvalue weighted by Gasteiger charge is -2.07. The summed E-state index contributed by atoms with van der Waals surface area (Å²) in [5.74, 6) is -1.11. The minimum Gasteiger partial charge on any atom is -0.481 e. The van der Waals surface area contributed by atoms with E-state index in [1.165, 1.54) is 0 Å². The zero-order chi connectivity index (χ0) is 13.0. The molecule has 0 amide bonds. The molecule has 0 spiro atoms. The van der Waals surface area contributed by atoms with Gasteiger partial charge in [0.15, 0.2) is 0 Å². The summed E-state index contributed by atoms with van der Waals surface area (Å²) >= 11 is 0. The van der Waals surface area contributed by atoms with Crippen molar-refractivity contribution < 1.29 is 14.3 Å². The Balaban J connectivity index is 2.21. The molecule has 2 aromatic rings. The average molecular weight is 246 g/mol. The molecule has 0 saturated carbocycles. The van der Waals surface area contributed by atoms with E-state index in [2.05, 4.69) is 10.2 Å². The van der Waals surface area contributed by atoms with Crippen molar-refractivity contribution in [3.05, 3.63) is 47.7 Å². The highest BCUT2D eigenvalue weighted by molar-refractivity contribution is 5.75.